The van der Waals surface area contributed by atoms with E-state index >= 15 is 0 Å². The van der Waals surface area contributed by atoms with Gasteiger partial charge in [0.15, 0.2) is 5.65 Å². The highest BCUT2D eigenvalue weighted by Gasteiger charge is 2.13. The lowest BCUT2D eigenvalue weighted by Gasteiger charge is -2.11. The second-order valence-electron chi connectivity index (χ2n) is 6.44. The van der Waals surface area contributed by atoms with E-state index < -0.39 is 0 Å². The minimum atomic E-state index is -0.201. The number of rotatable bonds is 6. The van der Waals surface area contributed by atoms with Crippen molar-refractivity contribution in [2.75, 3.05) is 5.73 Å². The molecular formula is C20H21N7O. The van der Waals surface area contributed by atoms with Crippen molar-refractivity contribution < 1.29 is 4.79 Å². The number of amides is 1. The van der Waals surface area contributed by atoms with Crippen LogP contribution in [-0.4, -0.2) is 30.2 Å². The number of hydrogen-bond donors (Lipinski definition) is 2. The highest BCUT2D eigenvalue weighted by molar-refractivity contribution is 5.96. The fourth-order valence-electron chi connectivity index (χ4n) is 3.19. The molecule has 8 heteroatoms. The number of anilines is 1. The van der Waals surface area contributed by atoms with Gasteiger partial charge in [0, 0.05) is 31.7 Å². The van der Waals surface area contributed by atoms with Crippen LogP contribution in [0, 0.1) is 0 Å². The second kappa shape index (κ2) is 7.51. The molecule has 28 heavy (non-hydrogen) atoms. The number of benzene rings is 1. The zero-order valence-corrected chi connectivity index (χ0v) is 15.5. The fourth-order valence-corrected chi connectivity index (χ4v) is 3.19. The fraction of sp³-hybridized carbons (Fsp3) is 0.200. The molecule has 0 fully saturated rings. The third kappa shape index (κ3) is 3.44. The average molecular weight is 375 g/mol. The highest BCUT2D eigenvalue weighted by Crippen LogP contribution is 2.17. The van der Waals surface area contributed by atoms with Crippen molar-refractivity contribution in [3.63, 3.8) is 0 Å². The molecule has 1 amide bonds. The summed E-state index contributed by atoms with van der Waals surface area (Å²) in [7, 11) is 0. The molecule has 0 bridgehead atoms. The Hall–Kier alpha value is -3.68. The Bertz CT molecular complexity index is 1120. The van der Waals surface area contributed by atoms with Crippen molar-refractivity contribution >= 4 is 23.0 Å². The number of aryl methyl sites for hydroxylation is 1. The van der Waals surface area contributed by atoms with Crippen LogP contribution in [0.4, 0.5) is 5.95 Å². The summed E-state index contributed by atoms with van der Waals surface area (Å²) in [5, 5.41) is 7.20. The minimum Gasteiger partial charge on any atom is -0.369 e. The van der Waals surface area contributed by atoms with Gasteiger partial charge in [-0.15, -0.1) is 0 Å². The average Bonchev–Trinajstić information content (AvgIpc) is 3.32. The third-order valence-corrected chi connectivity index (χ3v) is 4.64. The monoisotopic (exact) mass is 375 g/mol. The van der Waals surface area contributed by atoms with Crippen LogP contribution in [0.2, 0.25) is 0 Å². The first kappa shape index (κ1) is 17.7. The van der Waals surface area contributed by atoms with E-state index in [1.807, 2.05) is 52.7 Å². The lowest BCUT2D eigenvalue weighted by molar-refractivity contribution is 0.0950. The number of carbonyl (C=O) groups excluding carboxylic acids is 1. The van der Waals surface area contributed by atoms with Crippen molar-refractivity contribution in [1.29, 1.82) is 0 Å². The molecule has 3 heterocycles. The van der Waals surface area contributed by atoms with Gasteiger partial charge >= 0.3 is 0 Å². The van der Waals surface area contributed by atoms with Gasteiger partial charge < -0.3 is 11.1 Å². The molecule has 3 N–H and O–H groups in total. The molecule has 3 aromatic heterocycles. The first-order valence-electron chi connectivity index (χ1n) is 9.10. The van der Waals surface area contributed by atoms with Gasteiger partial charge in [0.2, 0.25) is 5.95 Å². The smallest absolute Gasteiger partial charge is 0.253 e. The number of nitrogens with zero attached hydrogens (tertiary/aromatic N) is 5. The van der Waals surface area contributed by atoms with Gasteiger partial charge in [0.25, 0.3) is 5.91 Å². The van der Waals surface area contributed by atoms with Gasteiger partial charge in [-0.05, 0) is 30.2 Å². The first-order valence-corrected chi connectivity index (χ1v) is 9.10. The largest absolute Gasteiger partial charge is 0.369 e. The number of aromatic nitrogens is 5. The molecule has 0 aliphatic heterocycles. The van der Waals surface area contributed by atoms with E-state index in [1.165, 1.54) is 0 Å². The maximum absolute atomic E-state index is 12.6. The van der Waals surface area contributed by atoms with E-state index in [9.17, 15) is 4.79 Å². The van der Waals surface area contributed by atoms with E-state index in [0.717, 1.165) is 11.1 Å². The van der Waals surface area contributed by atoms with Crippen molar-refractivity contribution in [1.82, 2.24) is 29.6 Å². The Labute approximate surface area is 162 Å². The second-order valence-corrected chi connectivity index (χ2v) is 6.44. The topological polar surface area (TPSA) is 104 Å². The molecule has 8 nitrogen and oxygen atoms in total. The Morgan fingerprint density at radius 3 is 2.79 bits per heavy atom. The molecule has 0 radical (unpaired) electrons. The molecule has 0 atom stereocenters. The van der Waals surface area contributed by atoms with Crippen molar-refractivity contribution in [2.45, 2.75) is 26.6 Å². The summed E-state index contributed by atoms with van der Waals surface area (Å²) in [6.07, 6.45) is 5.22. The normalized spacial score (nSPS) is 11.0. The van der Waals surface area contributed by atoms with Crippen molar-refractivity contribution in [3.8, 4) is 0 Å². The number of nitrogen functional groups attached to an aromatic ring is 1. The zero-order chi connectivity index (χ0) is 19.5. The van der Waals surface area contributed by atoms with E-state index in [4.69, 9.17) is 5.73 Å². The lowest BCUT2D eigenvalue weighted by Crippen LogP contribution is -2.23. The quantitative estimate of drug-likeness (QED) is 0.538. The zero-order valence-electron chi connectivity index (χ0n) is 15.5. The predicted molar refractivity (Wildman–Crippen MR) is 107 cm³/mol. The van der Waals surface area contributed by atoms with Crippen LogP contribution in [0.5, 0.6) is 0 Å². The molecule has 0 unspecified atom stereocenters. The molecule has 1 aromatic carbocycles. The SMILES string of the molecule is CCn1c(N)nc2cc(C(=O)NCc3ccccc3Cn3cccn3)cnc21. The maximum atomic E-state index is 12.6. The van der Waals surface area contributed by atoms with E-state index in [1.54, 1.807) is 18.5 Å². The summed E-state index contributed by atoms with van der Waals surface area (Å²) in [6, 6.07) is 11.6. The summed E-state index contributed by atoms with van der Waals surface area (Å²) >= 11 is 0. The molecule has 0 aliphatic carbocycles. The van der Waals surface area contributed by atoms with Crippen molar-refractivity contribution in [2.24, 2.45) is 0 Å². The molecule has 142 valence electrons. The first-order chi connectivity index (χ1) is 13.7. The van der Waals surface area contributed by atoms with Gasteiger partial charge in [-0.3, -0.25) is 14.0 Å². The molecular weight excluding hydrogens is 354 g/mol. The molecule has 0 saturated carbocycles. The van der Waals surface area contributed by atoms with Crippen LogP contribution >= 0.6 is 0 Å². The molecule has 4 aromatic rings. The Balaban J connectivity index is 1.50. The number of nitrogens with two attached hydrogens (primary N) is 1. The predicted octanol–water partition coefficient (Wildman–Crippen LogP) is 2.21. The van der Waals surface area contributed by atoms with E-state index in [0.29, 0.717) is 42.3 Å². The number of fused-ring (bicyclic) bond motifs is 1. The van der Waals surface area contributed by atoms with Gasteiger partial charge in [-0.1, -0.05) is 24.3 Å². The number of carbonyl (C=O) groups is 1. The summed E-state index contributed by atoms with van der Waals surface area (Å²) in [5.74, 6) is 0.197. The molecule has 4 rings (SSSR count). The van der Waals surface area contributed by atoms with Crippen LogP contribution in [0.15, 0.2) is 55.0 Å². The lowest BCUT2D eigenvalue weighted by atomic mass is 10.1. The van der Waals surface area contributed by atoms with Crippen LogP contribution < -0.4 is 11.1 Å². The van der Waals surface area contributed by atoms with Gasteiger partial charge in [0.05, 0.1) is 12.1 Å². The van der Waals surface area contributed by atoms with Gasteiger partial charge in [-0.25, -0.2) is 9.97 Å². The Morgan fingerprint density at radius 2 is 2.04 bits per heavy atom. The maximum Gasteiger partial charge on any atom is 0.253 e. The number of nitrogens with one attached hydrogen (secondary N) is 1. The Kier molecular flexibility index (Phi) is 4.76. The number of imidazole rings is 1. The van der Waals surface area contributed by atoms with E-state index in [-0.39, 0.29) is 5.91 Å². The number of pyridine rings is 1. The standard InChI is InChI=1S/C20H21N7O/c1-2-27-18-17(25-20(27)21)10-16(12-22-18)19(28)23-11-14-6-3-4-7-15(14)13-26-9-5-8-24-26/h3-10,12H,2,11,13H2,1H3,(H2,21,25)(H,23,28). The molecule has 0 saturated heterocycles. The van der Waals surface area contributed by atoms with Gasteiger partial charge in [-0.2, -0.15) is 5.10 Å². The van der Waals surface area contributed by atoms with Gasteiger partial charge in [0.1, 0.15) is 5.52 Å². The van der Waals surface area contributed by atoms with Crippen LogP contribution in [-0.2, 0) is 19.6 Å². The minimum absolute atomic E-state index is 0.201. The summed E-state index contributed by atoms with van der Waals surface area (Å²) in [6.45, 7) is 3.72. The van der Waals surface area contributed by atoms with Crippen LogP contribution in [0.3, 0.4) is 0 Å². The third-order valence-electron chi connectivity index (χ3n) is 4.64. The van der Waals surface area contributed by atoms with Crippen LogP contribution in [0.25, 0.3) is 11.2 Å². The van der Waals surface area contributed by atoms with Crippen LogP contribution in [0.1, 0.15) is 28.4 Å². The molecule has 0 spiro atoms. The summed E-state index contributed by atoms with van der Waals surface area (Å²) in [5.41, 5.74) is 9.80. The molecule has 0 aliphatic rings. The summed E-state index contributed by atoms with van der Waals surface area (Å²) in [4.78, 5) is 21.3. The Morgan fingerprint density at radius 1 is 1.21 bits per heavy atom. The van der Waals surface area contributed by atoms with Crippen molar-refractivity contribution in [3.05, 3.63) is 71.7 Å². The summed E-state index contributed by atoms with van der Waals surface area (Å²) < 4.78 is 3.66. The van der Waals surface area contributed by atoms with E-state index in [2.05, 4.69) is 20.4 Å². The number of hydrogen-bond acceptors (Lipinski definition) is 5. The highest BCUT2D eigenvalue weighted by atomic mass is 16.1.